The van der Waals surface area contributed by atoms with E-state index in [1.807, 2.05) is 0 Å². The second kappa shape index (κ2) is 9.17. The van der Waals surface area contributed by atoms with Crippen molar-refractivity contribution in [1.29, 1.82) is 0 Å². The van der Waals surface area contributed by atoms with Crippen LogP contribution in [0.25, 0.3) is 0 Å². The largest absolute Gasteiger partial charge is 0.355 e. The zero-order chi connectivity index (χ0) is 19.3. The molecule has 0 saturated carbocycles. The van der Waals surface area contributed by atoms with E-state index in [1.165, 1.54) is 23.6 Å². The summed E-state index contributed by atoms with van der Waals surface area (Å²) in [6, 6.07) is 8.40. The lowest BCUT2D eigenvalue weighted by Crippen LogP contribution is -2.46. The van der Waals surface area contributed by atoms with Gasteiger partial charge in [0.1, 0.15) is 6.04 Å². The second-order valence-electron chi connectivity index (χ2n) is 7.61. The number of hydrogen-bond donors (Lipinski definition) is 1. The van der Waals surface area contributed by atoms with Crippen LogP contribution >= 0.6 is 0 Å². The molecule has 0 aromatic heterocycles. The molecule has 1 aromatic rings. The third-order valence-corrected chi connectivity index (χ3v) is 7.64. The molecule has 2 aliphatic heterocycles. The van der Waals surface area contributed by atoms with Gasteiger partial charge in [-0.1, -0.05) is 24.6 Å². The molecule has 0 spiro atoms. The summed E-state index contributed by atoms with van der Waals surface area (Å²) in [7, 11) is -3.62. The fraction of sp³-hybridized carbons (Fsp3) is 0.650. The van der Waals surface area contributed by atoms with E-state index in [0.29, 0.717) is 25.6 Å². The first kappa shape index (κ1) is 20.3. The number of rotatable bonds is 7. The molecule has 6 nitrogen and oxygen atoms in total. The Labute approximate surface area is 163 Å². The van der Waals surface area contributed by atoms with E-state index in [4.69, 9.17) is 0 Å². The Balaban J connectivity index is 1.51. The molecule has 3 rings (SSSR count). The van der Waals surface area contributed by atoms with Crippen molar-refractivity contribution in [3.8, 4) is 0 Å². The van der Waals surface area contributed by atoms with Crippen molar-refractivity contribution in [2.75, 3.05) is 26.2 Å². The molecule has 2 aliphatic rings. The fourth-order valence-corrected chi connectivity index (χ4v) is 5.80. The van der Waals surface area contributed by atoms with Gasteiger partial charge in [-0.05, 0) is 57.7 Å². The Kier molecular flexibility index (Phi) is 6.89. The SMILES string of the molecule is C[C@@H]1CCCCN1CCCNC(=O)[C@H]1CCCN1S(=O)(=O)c1ccccc1. The second-order valence-corrected chi connectivity index (χ2v) is 9.50. The Hall–Kier alpha value is -1.44. The molecule has 2 atom stereocenters. The predicted molar refractivity (Wildman–Crippen MR) is 106 cm³/mol. The number of hydrogen-bond acceptors (Lipinski definition) is 4. The molecule has 7 heteroatoms. The molecule has 2 heterocycles. The van der Waals surface area contributed by atoms with Crippen molar-refractivity contribution >= 4 is 15.9 Å². The van der Waals surface area contributed by atoms with E-state index < -0.39 is 16.1 Å². The lowest BCUT2D eigenvalue weighted by molar-refractivity contribution is -0.124. The van der Waals surface area contributed by atoms with Crippen LogP contribution in [-0.2, 0) is 14.8 Å². The fourth-order valence-electron chi connectivity index (χ4n) is 4.12. The summed E-state index contributed by atoms with van der Waals surface area (Å²) in [6.07, 6.45) is 6.01. The number of likely N-dealkylation sites (tertiary alicyclic amines) is 1. The van der Waals surface area contributed by atoms with Gasteiger partial charge < -0.3 is 10.2 Å². The molecule has 2 fully saturated rings. The molecular weight excluding hydrogens is 362 g/mol. The van der Waals surface area contributed by atoms with Crippen LogP contribution in [0.2, 0.25) is 0 Å². The molecule has 1 N–H and O–H groups in total. The minimum atomic E-state index is -3.62. The zero-order valence-corrected chi connectivity index (χ0v) is 17.0. The zero-order valence-electron chi connectivity index (χ0n) is 16.1. The molecule has 2 saturated heterocycles. The van der Waals surface area contributed by atoms with E-state index in [-0.39, 0.29) is 10.8 Å². The molecule has 27 heavy (non-hydrogen) atoms. The van der Waals surface area contributed by atoms with Crippen molar-refractivity contribution in [1.82, 2.24) is 14.5 Å². The highest BCUT2D eigenvalue weighted by Crippen LogP contribution is 2.26. The average molecular weight is 394 g/mol. The normalized spacial score (nSPS) is 24.8. The number of nitrogens with one attached hydrogen (secondary N) is 1. The number of piperidine rings is 1. The lowest BCUT2D eigenvalue weighted by atomic mass is 10.0. The van der Waals surface area contributed by atoms with Gasteiger partial charge in [0.2, 0.25) is 15.9 Å². The number of amides is 1. The van der Waals surface area contributed by atoms with Gasteiger partial charge in [0.25, 0.3) is 0 Å². The highest BCUT2D eigenvalue weighted by molar-refractivity contribution is 7.89. The first-order valence-corrected chi connectivity index (χ1v) is 11.5. The van der Waals surface area contributed by atoms with Crippen molar-refractivity contribution in [3.05, 3.63) is 30.3 Å². The third-order valence-electron chi connectivity index (χ3n) is 5.72. The lowest BCUT2D eigenvalue weighted by Gasteiger charge is -2.33. The summed E-state index contributed by atoms with van der Waals surface area (Å²) in [4.78, 5) is 15.4. The van der Waals surface area contributed by atoms with Crippen LogP contribution in [0, 0.1) is 0 Å². The molecule has 0 bridgehead atoms. The van der Waals surface area contributed by atoms with Gasteiger partial charge in [0.05, 0.1) is 4.90 Å². The average Bonchev–Trinajstić information content (AvgIpc) is 3.18. The van der Waals surface area contributed by atoms with E-state index in [9.17, 15) is 13.2 Å². The third kappa shape index (κ3) is 4.89. The van der Waals surface area contributed by atoms with Crippen LogP contribution in [0.1, 0.15) is 45.4 Å². The van der Waals surface area contributed by atoms with Crippen molar-refractivity contribution < 1.29 is 13.2 Å². The van der Waals surface area contributed by atoms with Gasteiger partial charge in [-0.3, -0.25) is 4.79 Å². The number of benzene rings is 1. The summed E-state index contributed by atoms with van der Waals surface area (Å²) >= 11 is 0. The van der Waals surface area contributed by atoms with E-state index in [1.54, 1.807) is 30.3 Å². The Bertz CT molecular complexity index is 723. The maximum absolute atomic E-state index is 12.9. The summed E-state index contributed by atoms with van der Waals surface area (Å²) in [5, 5.41) is 2.96. The summed E-state index contributed by atoms with van der Waals surface area (Å²) in [5.41, 5.74) is 0. The van der Waals surface area contributed by atoms with Gasteiger partial charge >= 0.3 is 0 Å². The number of nitrogens with zero attached hydrogens (tertiary/aromatic N) is 2. The quantitative estimate of drug-likeness (QED) is 0.721. The van der Waals surface area contributed by atoms with Crippen LogP contribution in [0.15, 0.2) is 35.2 Å². The van der Waals surface area contributed by atoms with E-state index in [2.05, 4.69) is 17.1 Å². The molecule has 150 valence electrons. The Morgan fingerprint density at radius 3 is 2.63 bits per heavy atom. The van der Waals surface area contributed by atoms with Crippen molar-refractivity contribution in [3.63, 3.8) is 0 Å². The maximum atomic E-state index is 12.9. The summed E-state index contributed by atoms with van der Waals surface area (Å²) in [6.45, 7) is 5.39. The number of carbonyl (C=O) groups is 1. The van der Waals surface area contributed by atoms with Gasteiger partial charge in [0, 0.05) is 25.7 Å². The predicted octanol–water partition coefficient (Wildman–Crippen LogP) is 2.22. The number of sulfonamides is 1. The van der Waals surface area contributed by atoms with Crippen LogP contribution in [-0.4, -0.2) is 61.8 Å². The molecule has 1 aromatic carbocycles. The topological polar surface area (TPSA) is 69.7 Å². The molecule has 0 radical (unpaired) electrons. The van der Waals surface area contributed by atoms with Crippen molar-refractivity contribution in [2.24, 2.45) is 0 Å². The summed E-state index contributed by atoms with van der Waals surface area (Å²) < 4.78 is 27.1. The minimum Gasteiger partial charge on any atom is -0.355 e. The minimum absolute atomic E-state index is 0.168. The van der Waals surface area contributed by atoms with E-state index >= 15 is 0 Å². The first-order chi connectivity index (χ1) is 13.0. The Morgan fingerprint density at radius 2 is 1.89 bits per heavy atom. The van der Waals surface area contributed by atoms with Gasteiger partial charge in [-0.15, -0.1) is 0 Å². The highest BCUT2D eigenvalue weighted by Gasteiger charge is 2.39. The van der Waals surface area contributed by atoms with Crippen LogP contribution in [0.4, 0.5) is 0 Å². The van der Waals surface area contributed by atoms with Crippen LogP contribution in [0.5, 0.6) is 0 Å². The first-order valence-electron chi connectivity index (χ1n) is 10.1. The summed E-state index contributed by atoms with van der Waals surface area (Å²) in [5.74, 6) is -0.168. The van der Waals surface area contributed by atoms with E-state index in [0.717, 1.165) is 25.9 Å². The Morgan fingerprint density at radius 1 is 1.11 bits per heavy atom. The highest BCUT2D eigenvalue weighted by atomic mass is 32.2. The number of carbonyl (C=O) groups excluding carboxylic acids is 1. The van der Waals surface area contributed by atoms with Gasteiger partial charge in [-0.2, -0.15) is 4.31 Å². The van der Waals surface area contributed by atoms with Crippen molar-refractivity contribution in [2.45, 2.75) is 62.4 Å². The van der Waals surface area contributed by atoms with Crippen LogP contribution in [0.3, 0.4) is 0 Å². The molecule has 0 unspecified atom stereocenters. The molecular formula is C20H31N3O3S. The van der Waals surface area contributed by atoms with Crippen LogP contribution < -0.4 is 5.32 Å². The maximum Gasteiger partial charge on any atom is 0.243 e. The monoisotopic (exact) mass is 393 g/mol. The van der Waals surface area contributed by atoms with Gasteiger partial charge in [0.15, 0.2) is 0 Å². The standard InChI is InChI=1S/C20H31N3O3S/c1-17-9-5-6-14-22(17)15-8-13-21-20(24)19-12-7-16-23(19)27(25,26)18-10-3-2-4-11-18/h2-4,10-11,17,19H,5-9,12-16H2,1H3,(H,21,24)/t17-,19-/m1/s1. The molecule has 0 aliphatic carbocycles. The van der Waals surface area contributed by atoms with Gasteiger partial charge in [-0.25, -0.2) is 8.42 Å². The molecule has 1 amide bonds. The smallest absolute Gasteiger partial charge is 0.243 e.